The van der Waals surface area contributed by atoms with Gasteiger partial charge in [0.05, 0.1) is 6.67 Å². The van der Waals surface area contributed by atoms with E-state index in [0.717, 1.165) is 38.8 Å². The summed E-state index contributed by atoms with van der Waals surface area (Å²) in [4.78, 5) is 12.9. The average molecular weight is 329 g/mol. The molecule has 0 bridgehead atoms. The lowest BCUT2D eigenvalue weighted by Gasteiger charge is -2.33. The highest BCUT2D eigenvalue weighted by Gasteiger charge is 2.52. The Kier molecular flexibility index (Phi) is 4.33. The zero-order chi connectivity index (χ0) is 16.6. The Balaban J connectivity index is 1.41. The van der Waals surface area contributed by atoms with E-state index in [4.69, 9.17) is 0 Å². The van der Waals surface area contributed by atoms with E-state index < -0.39 is 5.60 Å². The van der Waals surface area contributed by atoms with E-state index in [1.807, 2.05) is 30.3 Å². The first-order valence-electron chi connectivity index (χ1n) is 9.21. The largest absolute Gasteiger partial charge is 0.375 e. The van der Waals surface area contributed by atoms with E-state index in [2.05, 4.69) is 16.0 Å². The molecule has 1 unspecified atom stereocenters. The second kappa shape index (κ2) is 6.47. The standard InChI is InChI=1S/C19H27N3O2/c23-18(22-12-21-17-15-10-20-11-16(15)17)19(24,14-8-4-5-9-14)13-6-2-1-3-7-13/h1-3,6-7,14-17,20-21,24H,4-5,8-12H2,(H,22,23)/t15-,16+,17?,19-/m0/s1. The van der Waals surface area contributed by atoms with Gasteiger partial charge in [-0.15, -0.1) is 0 Å². The molecule has 5 nitrogen and oxygen atoms in total. The first kappa shape index (κ1) is 16.1. The van der Waals surface area contributed by atoms with Crippen LogP contribution in [0.25, 0.3) is 0 Å². The van der Waals surface area contributed by atoms with Gasteiger partial charge < -0.3 is 15.7 Å². The molecule has 1 aliphatic heterocycles. The van der Waals surface area contributed by atoms with Crippen molar-refractivity contribution in [2.24, 2.45) is 17.8 Å². The van der Waals surface area contributed by atoms with E-state index in [-0.39, 0.29) is 11.8 Å². The van der Waals surface area contributed by atoms with Gasteiger partial charge in [-0.2, -0.15) is 0 Å². The molecule has 2 saturated carbocycles. The van der Waals surface area contributed by atoms with Gasteiger partial charge in [0, 0.05) is 12.0 Å². The number of rotatable bonds is 6. The maximum Gasteiger partial charge on any atom is 0.257 e. The first-order chi connectivity index (χ1) is 11.7. The number of carbonyl (C=O) groups excluding carboxylic acids is 1. The van der Waals surface area contributed by atoms with Crippen LogP contribution >= 0.6 is 0 Å². The van der Waals surface area contributed by atoms with E-state index in [9.17, 15) is 9.90 Å². The fraction of sp³-hybridized carbons (Fsp3) is 0.632. The normalized spacial score (nSPS) is 31.5. The lowest BCUT2D eigenvalue weighted by molar-refractivity contribution is -0.147. The van der Waals surface area contributed by atoms with Gasteiger partial charge in [0.1, 0.15) is 0 Å². The Bertz CT molecular complexity index is 578. The molecule has 2 aliphatic carbocycles. The molecule has 1 amide bonds. The molecule has 130 valence electrons. The van der Waals surface area contributed by atoms with Crippen molar-refractivity contribution < 1.29 is 9.90 Å². The Morgan fingerprint density at radius 3 is 2.50 bits per heavy atom. The molecule has 1 aromatic carbocycles. The summed E-state index contributed by atoms with van der Waals surface area (Å²) in [5.41, 5.74) is -0.706. The monoisotopic (exact) mass is 329 g/mol. The van der Waals surface area contributed by atoms with E-state index in [1.165, 1.54) is 0 Å². The van der Waals surface area contributed by atoms with Crippen molar-refractivity contribution in [2.45, 2.75) is 37.3 Å². The summed E-state index contributed by atoms with van der Waals surface area (Å²) in [6.07, 6.45) is 3.99. The molecule has 1 aromatic rings. The van der Waals surface area contributed by atoms with Gasteiger partial charge in [0.2, 0.25) is 0 Å². The minimum absolute atomic E-state index is 0.00408. The van der Waals surface area contributed by atoms with Crippen LogP contribution in [0, 0.1) is 17.8 Å². The number of benzene rings is 1. The molecule has 4 rings (SSSR count). The molecule has 4 N–H and O–H groups in total. The SMILES string of the molecule is O=C(NCNC1[C@H]2CNC[C@@H]12)[C@](O)(c1ccccc1)C1CCCC1. The van der Waals surface area contributed by atoms with Gasteiger partial charge in [0.25, 0.3) is 5.91 Å². The van der Waals surface area contributed by atoms with Gasteiger partial charge in [-0.1, -0.05) is 43.2 Å². The van der Waals surface area contributed by atoms with Crippen LogP contribution in [0.2, 0.25) is 0 Å². The van der Waals surface area contributed by atoms with Gasteiger partial charge in [-0.05, 0) is 43.3 Å². The van der Waals surface area contributed by atoms with E-state index in [1.54, 1.807) is 0 Å². The summed E-state index contributed by atoms with van der Waals surface area (Å²) in [6.45, 7) is 2.58. The molecule has 3 aliphatic rings. The van der Waals surface area contributed by atoms with Crippen LogP contribution in [0.1, 0.15) is 31.2 Å². The Hall–Kier alpha value is -1.43. The maximum atomic E-state index is 12.9. The molecule has 24 heavy (non-hydrogen) atoms. The summed E-state index contributed by atoms with van der Waals surface area (Å²) >= 11 is 0. The fourth-order valence-electron chi connectivity index (χ4n) is 4.69. The number of amides is 1. The quantitative estimate of drug-likeness (QED) is 0.586. The van der Waals surface area contributed by atoms with Crippen LogP contribution in [-0.4, -0.2) is 36.8 Å². The number of fused-ring (bicyclic) bond motifs is 1. The van der Waals surface area contributed by atoms with Crippen LogP contribution in [0.15, 0.2) is 30.3 Å². The molecule has 1 saturated heterocycles. The lowest BCUT2D eigenvalue weighted by Crippen LogP contribution is -2.51. The smallest absolute Gasteiger partial charge is 0.257 e. The van der Waals surface area contributed by atoms with Crippen LogP contribution in [0.4, 0.5) is 0 Å². The zero-order valence-electron chi connectivity index (χ0n) is 14.0. The Morgan fingerprint density at radius 2 is 1.83 bits per heavy atom. The number of hydrogen-bond donors (Lipinski definition) is 4. The van der Waals surface area contributed by atoms with Crippen molar-refractivity contribution in [3.05, 3.63) is 35.9 Å². The highest BCUT2D eigenvalue weighted by molar-refractivity contribution is 5.86. The third kappa shape index (κ3) is 2.75. The van der Waals surface area contributed by atoms with Gasteiger partial charge in [0.15, 0.2) is 5.60 Å². The number of piperidine rings is 1. The van der Waals surface area contributed by atoms with E-state index >= 15 is 0 Å². The summed E-state index contributed by atoms with van der Waals surface area (Å²) < 4.78 is 0. The third-order valence-electron chi connectivity index (χ3n) is 6.18. The van der Waals surface area contributed by atoms with Crippen molar-refractivity contribution in [3.8, 4) is 0 Å². The number of aliphatic hydroxyl groups is 1. The van der Waals surface area contributed by atoms with Crippen molar-refractivity contribution in [1.29, 1.82) is 0 Å². The molecule has 0 radical (unpaired) electrons. The molecular weight excluding hydrogens is 302 g/mol. The predicted molar refractivity (Wildman–Crippen MR) is 92.1 cm³/mol. The summed E-state index contributed by atoms with van der Waals surface area (Å²) in [6, 6.07) is 9.93. The average Bonchev–Trinajstić information content (AvgIpc) is 3.07. The lowest BCUT2D eigenvalue weighted by atomic mass is 9.79. The third-order valence-corrected chi connectivity index (χ3v) is 6.18. The molecule has 1 heterocycles. The molecule has 3 fully saturated rings. The molecular formula is C19H27N3O2. The van der Waals surface area contributed by atoms with Crippen molar-refractivity contribution >= 4 is 5.91 Å². The number of carbonyl (C=O) groups is 1. The van der Waals surface area contributed by atoms with Crippen molar-refractivity contribution in [1.82, 2.24) is 16.0 Å². The topological polar surface area (TPSA) is 73.4 Å². The van der Waals surface area contributed by atoms with Gasteiger partial charge in [-0.3, -0.25) is 10.1 Å². The van der Waals surface area contributed by atoms with Gasteiger partial charge >= 0.3 is 0 Å². The summed E-state index contributed by atoms with van der Waals surface area (Å²) in [5.74, 6) is 1.16. The predicted octanol–water partition coefficient (Wildman–Crippen LogP) is 0.946. The fourth-order valence-corrected chi connectivity index (χ4v) is 4.69. The highest BCUT2D eigenvalue weighted by atomic mass is 16.3. The summed E-state index contributed by atoms with van der Waals surface area (Å²) in [5, 5.41) is 21.1. The van der Waals surface area contributed by atoms with Crippen molar-refractivity contribution in [3.63, 3.8) is 0 Å². The zero-order valence-corrected chi connectivity index (χ0v) is 14.0. The number of nitrogens with one attached hydrogen (secondary N) is 3. The Morgan fingerprint density at radius 1 is 1.17 bits per heavy atom. The van der Waals surface area contributed by atoms with Crippen LogP contribution in [0.5, 0.6) is 0 Å². The van der Waals surface area contributed by atoms with Crippen LogP contribution in [0.3, 0.4) is 0 Å². The second-order valence-corrected chi connectivity index (χ2v) is 7.51. The van der Waals surface area contributed by atoms with E-state index in [0.29, 0.717) is 30.1 Å². The molecule has 4 atom stereocenters. The van der Waals surface area contributed by atoms with Crippen LogP contribution in [-0.2, 0) is 10.4 Å². The molecule has 0 aromatic heterocycles. The Labute approximate surface area is 143 Å². The van der Waals surface area contributed by atoms with Crippen LogP contribution < -0.4 is 16.0 Å². The first-order valence-corrected chi connectivity index (χ1v) is 9.21. The maximum absolute atomic E-state index is 12.9. The van der Waals surface area contributed by atoms with Gasteiger partial charge in [-0.25, -0.2) is 0 Å². The number of hydrogen-bond acceptors (Lipinski definition) is 4. The molecule has 5 heteroatoms. The minimum Gasteiger partial charge on any atom is -0.375 e. The second-order valence-electron chi connectivity index (χ2n) is 7.51. The summed E-state index contributed by atoms with van der Waals surface area (Å²) in [7, 11) is 0. The van der Waals surface area contributed by atoms with Crippen molar-refractivity contribution in [2.75, 3.05) is 19.8 Å². The minimum atomic E-state index is -1.42. The molecule has 0 spiro atoms. The highest BCUT2D eigenvalue weighted by Crippen LogP contribution is 2.42.